The Labute approximate surface area is 104 Å². The van der Waals surface area contributed by atoms with Crippen LogP contribution in [0, 0.1) is 0 Å². The summed E-state index contributed by atoms with van der Waals surface area (Å²) >= 11 is 0. The minimum absolute atomic E-state index is 0.505. The maximum atomic E-state index is 5.66. The Balaban J connectivity index is 2.53. The van der Waals surface area contributed by atoms with Crippen LogP contribution in [0.1, 0.15) is 18.1 Å². The van der Waals surface area contributed by atoms with Gasteiger partial charge in [-0.2, -0.15) is 0 Å². The zero-order chi connectivity index (χ0) is 12.7. The molecule has 0 fully saturated rings. The molecule has 0 saturated heterocycles. The molecule has 0 bridgehead atoms. The molecule has 3 N–H and O–H groups in total. The minimum Gasteiger partial charge on any atom is -0.370 e. The first-order valence-corrected chi connectivity index (χ1v) is 5.88. The normalized spacial score (nSPS) is 11.9. The van der Waals surface area contributed by atoms with Crippen molar-refractivity contribution in [2.24, 2.45) is 10.7 Å². The van der Waals surface area contributed by atoms with Gasteiger partial charge in [0.05, 0.1) is 6.54 Å². The van der Waals surface area contributed by atoms with Gasteiger partial charge in [0.2, 0.25) is 0 Å². The molecule has 0 aliphatic rings. The van der Waals surface area contributed by atoms with Crippen molar-refractivity contribution in [3.63, 3.8) is 0 Å². The quantitative estimate of drug-likeness (QED) is 0.594. The van der Waals surface area contributed by atoms with Gasteiger partial charge in [-0.15, -0.1) is 0 Å². The van der Waals surface area contributed by atoms with Crippen molar-refractivity contribution in [3.8, 4) is 0 Å². The van der Waals surface area contributed by atoms with Gasteiger partial charge in [-0.25, -0.2) is 4.99 Å². The first-order valence-electron chi connectivity index (χ1n) is 5.88. The topological polar surface area (TPSA) is 53.6 Å². The van der Waals surface area contributed by atoms with Crippen LogP contribution >= 0.6 is 0 Å². The molecule has 4 heteroatoms. The molecule has 4 nitrogen and oxygen atoms in total. The highest BCUT2D eigenvalue weighted by Crippen LogP contribution is 2.07. The van der Waals surface area contributed by atoms with Crippen LogP contribution in [0.2, 0.25) is 0 Å². The summed E-state index contributed by atoms with van der Waals surface area (Å²) in [7, 11) is 4.13. The molecule has 1 rings (SSSR count). The minimum atomic E-state index is 0.505. The van der Waals surface area contributed by atoms with Gasteiger partial charge >= 0.3 is 0 Å². The van der Waals surface area contributed by atoms with E-state index in [-0.39, 0.29) is 0 Å². The van der Waals surface area contributed by atoms with E-state index in [0.717, 1.165) is 13.1 Å². The Bertz CT molecular complexity index is 354. The Kier molecular flexibility index (Phi) is 5.49. The molecule has 0 spiro atoms. The van der Waals surface area contributed by atoms with Crippen LogP contribution in [-0.4, -0.2) is 31.5 Å². The molecule has 0 aliphatic carbocycles. The third-order valence-corrected chi connectivity index (χ3v) is 2.31. The molecular formula is C13H22N4. The third kappa shape index (κ3) is 5.36. The molecule has 0 heterocycles. The van der Waals surface area contributed by atoms with Crippen LogP contribution in [0.25, 0.3) is 0 Å². The zero-order valence-electron chi connectivity index (χ0n) is 10.9. The molecule has 1 aromatic rings. The first-order chi connectivity index (χ1) is 8.11. The summed E-state index contributed by atoms with van der Waals surface area (Å²) < 4.78 is 0. The molecular weight excluding hydrogens is 212 g/mol. The van der Waals surface area contributed by atoms with Crippen molar-refractivity contribution in [1.82, 2.24) is 10.2 Å². The second kappa shape index (κ2) is 6.91. The Morgan fingerprint density at radius 3 is 2.35 bits per heavy atom. The summed E-state index contributed by atoms with van der Waals surface area (Å²) in [6.45, 7) is 4.39. The molecule has 0 unspecified atom stereocenters. The lowest BCUT2D eigenvalue weighted by molar-refractivity contribution is 0.402. The van der Waals surface area contributed by atoms with E-state index in [4.69, 9.17) is 5.73 Å². The average Bonchev–Trinajstić information content (AvgIpc) is 2.28. The molecule has 94 valence electrons. The fraction of sp³-hybridized carbons (Fsp3) is 0.462. The summed E-state index contributed by atoms with van der Waals surface area (Å²) in [4.78, 5) is 6.40. The van der Waals surface area contributed by atoms with E-state index in [1.165, 1.54) is 11.1 Å². The summed E-state index contributed by atoms with van der Waals surface area (Å²) in [6, 6.07) is 8.46. The SMILES string of the molecule is CCNC(N)=NCc1ccc(CN(C)C)cc1. The number of hydrogen-bond acceptors (Lipinski definition) is 2. The summed E-state index contributed by atoms with van der Waals surface area (Å²) in [5, 5.41) is 2.97. The van der Waals surface area contributed by atoms with Crippen molar-refractivity contribution >= 4 is 5.96 Å². The van der Waals surface area contributed by atoms with Gasteiger partial charge in [0, 0.05) is 13.1 Å². The number of guanidine groups is 1. The van der Waals surface area contributed by atoms with Crippen molar-refractivity contribution in [2.75, 3.05) is 20.6 Å². The lowest BCUT2D eigenvalue weighted by Gasteiger charge is -2.09. The largest absolute Gasteiger partial charge is 0.370 e. The standard InChI is InChI=1S/C13H22N4/c1-4-15-13(14)16-9-11-5-7-12(8-6-11)10-17(2)3/h5-8H,4,9-10H2,1-3H3,(H3,14,15,16). The monoisotopic (exact) mass is 234 g/mol. The Morgan fingerprint density at radius 2 is 1.82 bits per heavy atom. The number of aliphatic imine (C=N–C) groups is 1. The predicted molar refractivity (Wildman–Crippen MR) is 72.8 cm³/mol. The molecule has 0 radical (unpaired) electrons. The second-order valence-electron chi connectivity index (χ2n) is 4.29. The number of nitrogens with two attached hydrogens (primary N) is 1. The van der Waals surface area contributed by atoms with Gasteiger partial charge in [-0.3, -0.25) is 0 Å². The number of rotatable bonds is 5. The van der Waals surface area contributed by atoms with E-state index < -0.39 is 0 Å². The fourth-order valence-corrected chi connectivity index (χ4v) is 1.53. The highest BCUT2D eigenvalue weighted by Gasteiger charge is 1.96. The summed E-state index contributed by atoms with van der Waals surface area (Å²) in [5.74, 6) is 0.505. The lowest BCUT2D eigenvalue weighted by atomic mass is 10.1. The van der Waals surface area contributed by atoms with Gasteiger partial charge in [0.1, 0.15) is 0 Å². The van der Waals surface area contributed by atoms with Crippen LogP contribution in [0.4, 0.5) is 0 Å². The van der Waals surface area contributed by atoms with E-state index in [9.17, 15) is 0 Å². The van der Waals surface area contributed by atoms with Gasteiger partial charge < -0.3 is 16.0 Å². The number of hydrogen-bond donors (Lipinski definition) is 2. The van der Waals surface area contributed by atoms with E-state index in [1.807, 2.05) is 6.92 Å². The average molecular weight is 234 g/mol. The van der Waals surface area contributed by atoms with Crippen molar-refractivity contribution in [2.45, 2.75) is 20.0 Å². The maximum absolute atomic E-state index is 5.66. The fourth-order valence-electron chi connectivity index (χ4n) is 1.53. The van der Waals surface area contributed by atoms with Gasteiger partial charge in [-0.1, -0.05) is 24.3 Å². The Morgan fingerprint density at radius 1 is 1.24 bits per heavy atom. The van der Waals surface area contributed by atoms with Crippen LogP contribution < -0.4 is 11.1 Å². The van der Waals surface area contributed by atoms with Crippen LogP contribution in [0.3, 0.4) is 0 Å². The highest BCUT2D eigenvalue weighted by molar-refractivity contribution is 5.77. The molecule has 0 atom stereocenters. The van der Waals surface area contributed by atoms with Crippen molar-refractivity contribution in [1.29, 1.82) is 0 Å². The first kappa shape index (κ1) is 13.5. The molecule has 17 heavy (non-hydrogen) atoms. The Hall–Kier alpha value is -1.55. The lowest BCUT2D eigenvalue weighted by Crippen LogP contribution is -2.31. The highest BCUT2D eigenvalue weighted by atomic mass is 15.1. The smallest absolute Gasteiger partial charge is 0.188 e. The van der Waals surface area contributed by atoms with Crippen LogP contribution in [0.15, 0.2) is 29.3 Å². The van der Waals surface area contributed by atoms with E-state index >= 15 is 0 Å². The van der Waals surface area contributed by atoms with Crippen molar-refractivity contribution < 1.29 is 0 Å². The molecule has 0 saturated carbocycles. The van der Waals surface area contributed by atoms with Gasteiger partial charge in [-0.05, 0) is 32.1 Å². The maximum Gasteiger partial charge on any atom is 0.188 e. The molecule has 0 amide bonds. The predicted octanol–water partition coefficient (Wildman–Crippen LogP) is 1.17. The van der Waals surface area contributed by atoms with E-state index in [1.54, 1.807) is 0 Å². The molecule has 0 aromatic heterocycles. The number of benzene rings is 1. The van der Waals surface area contributed by atoms with Gasteiger partial charge in [0.15, 0.2) is 5.96 Å². The summed E-state index contributed by atoms with van der Waals surface area (Å²) in [6.07, 6.45) is 0. The van der Waals surface area contributed by atoms with Gasteiger partial charge in [0.25, 0.3) is 0 Å². The number of nitrogens with one attached hydrogen (secondary N) is 1. The van der Waals surface area contributed by atoms with Crippen LogP contribution in [-0.2, 0) is 13.1 Å². The third-order valence-electron chi connectivity index (χ3n) is 2.31. The van der Waals surface area contributed by atoms with E-state index in [2.05, 4.69) is 53.6 Å². The molecule has 0 aliphatic heterocycles. The summed E-state index contributed by atoms with van der Waals surface area (Å²) in [5.41, 5.74) is 8.14. The van der Waals surface area contributed by atoms with Crippen molar-refractivity contribution in [3.05, 3.63) is 35.4 Å². The van der Waals surface area contributed by atoms with E-state index in [0.29, 0.717) is 12.5 Å². The number of nitrogens with zero attached hydrogens (tertiary/aromatic N) is 2. The zero-order valence-corrected chi connectivity index (χ0v) is 10.9. The second-order valence-corrected chi connectivity index (χ2v) is 4.29. The molecule has 1 aromatic carbocycles. The van der Waals surface area contributed by atoms with Crippen LogP contribution in [0.5, 0.6) is 0 Å².